The van der Waals surface area contributed by atoms with Crippen molar-refractivity contribution in [2.45, 2.75) is 31.5 Å². The molecular weight excluding hydrogens is 555 g/mol. The van der Waals surface area contributed by atoms with Gasteiger partial charge < -0.3 is 30.3 Å². The third-order valence-electron chi connectivity index (χ3n) is 6.55. The number of halogens is 3. The molecule has 1 aromatic heterocycles. The van der Waals surface area contributed by atoms with Gasteiger partial charge in [-0.05, 0) is 47.4 Å². The second kappa shape index (κ2) is 13.3. The summed E-state index contributed by atoms with van der Waals surface area (Å²) in [6, 6.07) is 12.9. The number of nitrogens with one attached hydrogen (secondary N) is 3. The lowest BCUT2D eigenvalue weighted by Gasteiger charge is -2.38. The number of ether oxygens (including phenoxy) is 2. The van der Waals surface area contributed by atoms with Crippen LogP contribution < -0.4 is 16.0 Å². The number of hydrogen-bond donors (Lipinski definition) is 3. The van der Waals surface area contributed by atoms with E-state index in [1.807, 2.05) is 6.07 Å². The minimum absolute atomic E-state index is 0.000169. The third-order valence-corrected chi connectivity index (χ3v) is 6.55. The molecular formula is C29H30F3N5O5. The van der Waals surface area contributed by atoms with E-state index in [4.69, 9.17) is 9.47 Å². The van der Waals surface area contributed by atoms with Gasteiger partial charge >= 0.3 is 12.1 Å². The number of carbonyl (C=O) groups is 3. The molecule has 1 aliphatic rings. The van der Waals surface area contributed by atoms with E-state index in [0.29, 0.717) is 11.1 Å². The molecule has 1 aliphatic heterocycles. The van der Waals surface area contributed by atoms with Crippen LogP contribution in [0.25, 0.3) is 0 Å². The van der Waals surface area contributed by atoms with Crippen molar-refractivity contribution >= 4 is 23.8 Å². The second-order valence-electron chi connectivity index (χ2n) is 9.73. The van der Waals surface area contributed by atoms with Crippen molar-refractivity contribution in [3.05, 3.63) is 94.9 Å². The normalized spacial score (nSPS) is 15.7. The number of amides is 4. The number of methoxy groups -OCH3 is 1. The number of carbonyl (C=O) groups excluding carboxylic acids is 3. The fourth-order valence-electron chi connectivity index (χ4n) is 4.35. The summed E-state index contributed by atoms with van der Waals surface area (Å²) in [5.41, 5.74) is 1.58. The van der Waals surface area contributed by atoms with E-state index in [9.17, 15) is 27.6 Å². The maximum Gasteiger partial charge on any atom is 0.408 e. The van der Waals surface area contributed by atoms with Crippen LogP contribution >= 0.6 is 0 Å². The van der Waals surface area contributed by atoms with Crippen LogP contribution in [0.1, 0.15) is 34.3 Å². The number of aryl methyl sites for hydroxylation is 1. The first kappa shape index (κ1) is 30.3. The van der Waals surface area contributed by atoms with Gasteiger partial charge in [0.15, 0.2) is 0 Å². The number of pyridine rings is 1. The summed E-state index contributed by atoms with van der Waals surface area (Å²) in [6.45, 7) is -0.216. The minimum Gasteiger partial charge on any atom is -0.445 e. The van der Waals surface area contributed by atoms with Gasteiger partial charge in [-0.3, -0.25) is 4.79 Å². The zero-order valence-electron chi connectivity index (χ0n) is 22.9. The summed E-state index contributed by atoms with van der Waals surface area (Å²) < 4.78 is 53.1. The van der Waals surface area contributed by atoms with E-state index in [1.165, 1.54) is 37.6 Å². The first-order valence-electron chi connectivity index (χ1n) is 13.0. The molecule has 2 heterocycles. The van der Waals surface area contributed by atoms with Crippen LogP contribution in [0.2, 0.25) is 0 Å². The maximum atomic E-state index is 14.4. The summed E-state index contributed by atoms with van der Waals surface area (Å²) in [7, 11) is 1.37. The van der Waals surface area contributed by atoms with Crippen molar-refractivity contribution in [2.24, 2.45) is 0 Å². The van der Waals surface area contributed by atoms with E-state index in [-0.39, 0.29) is 24.6 Å². The molecule has 0 spiro atoms. The number of alkyl halides is 2. The van der Waals surface area contributed by atoms with E-state index in [0.717, 1.165) is 16.5 Å². The number of anilines is 1. The van der Waals surface area contributed by atoms with Gasteiger partial charge in [0, 0.05) is 13.3 Å². The Hall–Kier alpha value is -4.65. The largest absolute Gasteiger partial charge is 0.445 e. The van der Waals surface area contributed by atoms with E-state index >= 15 is 0 Å². The predicted octanol–water partition coefficient (Wildman–Crippen LogP) is 4.48. The van der Waals surface area contributed by atoms with Crippen molar-refractivity contribution in [3.8, 4) is 0 Å². The van der Waals surface area contributed by atoms with Crippen molar-refractivity contribution in [1.82, 2.24) is 20.5 Å². The Bertz CT molecular complexity index is 1430. The fourth-order valence-corrected chi connectivity index (χ4v) is 4.35. The molecule has 10 nitrogen and oxygen atoms in total. The highest BCUT2D eigenvalue weighted by Crippen LogP contribution is 2.29. The van der Waals surface area contributed by atoms with Gasteiger partial charge in [0.2, 0.25) is 0 Å². The minimum atomic E-state index is -3.15. The van der Waals surface area contributed by atoms with Gasteiger partial charge in [-0.1, -0.05) is 42.5 Å². The van der Waals surface area contributed by atoms with Crippen molar-refractivity contribution < 1.29 is 37.0 Å². The van der Waals surface area contributed by atoms with Gasteiger partial charge in [0.05, 0.1) is 25.7 Å². The second-order valence-corrected chi connectivity index (χ2v) is 9.73. The Morgan fingerprint density at radius 1 is 1.12 bits per heavy atom. The Morgan fingerprint density at radius 3 is 2.60 bits per heavy atom. The Morgan fingerprint density at radius 2 is 1.88 bits per heavy atom. The van der Waals surface area contributed by atoms with E-state index in [1.54, 1.807) is 31.2 Å². The van der Waals surface area contributed by atoms with Gasteiger partial charge in [-0.15, -0.1) is 0 Å². The quantitative estimate of drug-likeness (QED) is 0.323. The number of urea groups is 1. The van der Waals surface area contributed by atoms with Crippen molar-refractivity contribution in [1.29, 1.82) is 0 Å². The summed E-state index contributed by atoms with van der Waals surface area (Å²) >= 11 is 0. The summed E-state index contributed by atoms with van der Waals surface area (Å²) in [5, 5.41) is 7.20. The van der Waals surface area contributed by atoms with E-state index < -0.39 is 54.9 Å². The molecule has 42 heavy (non-hydrogen) atoms. The lowest BCUT2D eigenvalue weighted by atomic mass is 10.0. The van der Waals surface area contributed by atoms with E-state index in [2.05, 4.69) is 20.9 Å². The molecule has 13 heteroatoms. The topological polar surface area (TPSA) is 122 Å². The highest BCUT2D eigenvalue weighted by molar-refractivity contribution is 5.96. The molecule has 4 amide bonds. The average Bonchev–Trinajstić information content (AvgIpc) is 2.97. The Kier molecular flexibility index (Phi) is 9.63. The number of alkyl carbamates (subject to hydrolysis) is 1. The molecule has 2 atom stereocenters. The lowest BCUT2D eigenvalue weighted by molar-refractivity contribution is -0.118. The van der Waals surface area contributed by atoms with Crippen LogP contribution in [-0.2, 0) is 20.9 Å². The van der Waals surface area contributed by atoms with Gasteiger partial charge in [0.25, 0.3) is 11.8 Å². The number of rotatable bonds is 10. The SMILES string of the molecule is COC[C@H](c1ccnc(NC(=O)C(NC(=O)OCc2ccccc2)c2ccc(C)c(F)c2)c1)N1CC(F)(F)CNC1=O. The molecule has 1 saturated heterocycles. The van der Waals surface area contributed by atoms with Crippen LogP contribution in [0.3, 0.4) is 0 Å². The smallest absolute Gasteiger partial charge is 0.408 e. The lowest BCUT2D eigenvalue weighted by Crippen LogP contribution is -2.58. The van der Waals surface area contributed by atoms with Crippen LogP contribution in [0.4, 0.5) is 28.6 Å². The highest BCUT2D eigenvalue weighted by atomic mass is 19.3. The van der Waals surface area contributed by atoms with Crippen molar-refractivity contribution in [3.63, 3.8) is 0 Å². The molecule has 3 N–H and O–H groups in total. The summed E-state index contributed by atoms with van der Waals surface area (Å²) in [4.78, 5) is 43.6. The first-order chi connectivity index (χ1) is 20.1. The highest BCUT2D eigenvalue weighted by Gasteiger charge is 2.42. The standard InChI is InChI=1S/C29H30F3N5O5/c1-18-8-9-21(12-22(18)30)25(36-28(40)42-14-19-6-4-3-5-7-19)26(38)35-24-13-20(10-11-33-24)23(15-41-2)37-17-29(31,32)16-34-27(37)39/h3-13,23,25H,14-17H2,1-2H3,(H,34,39)(H,36,40)(H,33,35,38)/t23-,25?/m1/s1. The molecule has 0 bridgehead atoms. The number of benzene rings is 2. The van der Waals surface area contributed by atoms with Crippen LogP contribution in [0.15, 0.2) is 66.9 Å². The number of hydrogen-bond acceptors (Lipinski definition) is 6. The number of nitrogens with zero attached hydrogens (tertiary/aromatic N) is 2. The van der Waals surface area contributed by atoms with Crippen molar-refractivity contribution in [2.75, 3.05) is 32.1 Å². The predicted molar refractivity (Wildman–Crippen MR) is 146 cm³/mol. The molecule has 3 aromatic rings. The van der Waals surface area contributed by atoms with Gasteiger partial charge in [0.1, 0.15) is 24.3 Å². The monoisotopic (exact) mass is 585 g/mol. The van der Waals surface area contributed by atoms with Crippen LogP contribution in [0, 0.1) is 12.7 Å². The molecule has 1 unspecified atom stereocenters. The zero-order chi connectivity index (χ0) is 30.3. The Balaban J connectivity index is 1.55. The van der Waals surface area contributed by atoms with Gasteiger partial charge in [-0.25, -0.2) is 27.7 Å². The zero-order valence-corrected chi connectivity index (χ0v) is 22.9. The van der Waals surface area contributed by atoms with Crippen LogP contribution in [-0.4, -0.2) is 60.6 Å². The van der Waals surface area contributed by atoms with Crippen LogP contribution in [0.5, 0.6) is 0 Å². The molecule has 1 fully saturated rings. The Labute approximate surface area is 240 Å². The first-order valence-corrected chi connectivity index (χ1v) is 13.0. The molecule has 0 radical (unpaired) electrons. The third kappa shape index (κ3) is 7.75. The summed E-state index contributed by atoms with van der Waals surface area (Å²) in [5.74, 6) is -4.50. The molecule has 4 rings (SSSR count). The molecule has 0 saturated carbocycles. The summed E-state index contributed by atoms with van der Waals surface area (Å²) in [6.07, 6.45) is 0.411. The van der Waals surface area contributed by atoms with Gasteiger partial charge in [-0.2, -0.15) is 0 Å². The maximum absolute atomic E-state index is 14.4. The fraction of sp³-hybridized carbons (Fsp3) is 0.310. The number of aromatic nitrogens is 1. The average molecular weight is 586 g/mol. The molecule has 0 aliphatic carbocycles. The molecule has 222 valence electrons. The molecule has 2 aromatic carbocycles.